The van der Waals surface area contributed by atoms with Gasteiger partial charge in [-0.1, -0.05) is 0 Å². The van der Waals surface area contributed by atoms with Crippen LogP contribution in [0.3, 0.4) is 0 Å². The van der Waals surface area contributed by atoms with Gasteiger partial charge in [0, 0.05) is 0 Å². The van der Waals surface area contributed by atoms with Gasteiger partial charge in [-0.15, -0.1) is 0 Å². The molecule has 15 heavy (non-hydrogen) atoms. The lowest BCUT2D eigenvalue weighted by atomic mass is 10.6. The Morgan fingerprint density at radius 3 is 1.93 bits per heavy atom. The molecule has 1 aliphatic carbocycles. The monoisotopic (exact) mass is 256 g/mol. The number of hydrogen-bond donors (Lipinski definition) is 0. The molecule has 0 aromatic carbocycles. The first-order valence-electron chi connectivity index (χ1n) is 4.83. The third kappa shape index (κ3) is 2.34. The van der Waals surface area contributed by atoms with Gasteiger partial charge in [0.2, 0.25) is 0 Å². The highest BCUT2D eigenvalue weighted by Gasteiger charge is 2.59. The quantitative estimate of drug-likeness (QED) is 0.675. The van der Waals surface area contributed by atoms with Gasteiger partial charge in [0.05, 0.1) is 11.0 Å². The van der Waals surface area contributed by atoms with Gasteiger partial charge < -0.3 is 0 Å². The third-order valence-electron chi connectivity index (χ3n) is 2.43. The van der Waals surface area contributed by atoms with Crippen molar-refractivity contribution in [1.29, 1.82) is 0 Å². The molecule has 0 spiro atoms. The van der Waals surface area contributed by atoms with Crippen LogP contribution in [0.5, 0.6) is 0 Å². The SMILES string of the molecule is CCS(=O)(=O)OC1(S(=O)(=O)C(C)C)CC1. The maximum Gasteiger partial charge on any atom is 0.268 e. The Morgan fingerprint density at radius 1 is 1.20 bits per heavy atom. The lowest BCUT2D eigenvalue weighted by Gasteiger charge is -2.18. The average Bonchev–Trinajstić information content (AvgIpc) is 2.85. The smallest absolute Gasteiger partial charge is 0.247 e. The van der Waals surface area contributed by atoms with Crippen LogP contribution in [-0.4, -0.2) is 32.8 Å². The van der Waals surface area contributed by atoms with E-state index in [1.165, 1.54) is 20.8 Å². The molecule has 0 aliphatic heterocycles. The van der Waals surface area contributed by atoms with Crippen LogP contribution in [0.2, 0.25) is 0 Å². The summed E-state index contributed by atoms with van der Waals surface area (Å²) in [6, 6.07) is 0. The fourth-order valence-electron chi connectivity index (χ4n) is 1.24. The van der Waals surface area contributed by atoms with Crippen molar-refractivity contribution in [2.75, 3.05) is 5.75 Å². The second kappa shape index (κ2) is 3.71. The van der Waals surface area contributed by atoms with Crippen molar-refractivity contribution in [2.45, 2.75) is 43.8 Å². The van der Waals surface area contributed by atoms with E-state index in [0.717, 1.165) is 0 Å². The molecule has 0 bridgehead atoms. The Labute approximate surface area is 90.9 Å². The minimum absolute atomic E-state index is 0.206. The minimum Gasteiger partial charge on any atom is -0.247 e. The van der Waals surface area contributed by atoms with Gasteiger partial charge in [0.1, 0.15) is 0 Å². The molecule has 0 unspecified atom stereocenters. The number of sulfone groups is 1. The van der Waals surface area contributed by atoms with Gasteiger partial charge in [-0.3, -0.25) is 0 Å². The summed E-state index contributed by atoms with van der Waals surface area (Å²) in [7, 11) is -7.22. The second-order valence-electron chi connectivity index (χ2n) is 3.93. The molecule has 1 saturated carbocycles. The maximum atomic E-state index is 11.8. The van der Waals surface area contributed by atoms with Crippen molar-refractivity contribution in [1.82, 2.24) is 0 Å². The predicted molar refractivity (Wildman–Crippen MR) is 56.6 cm³/mol. The first-order chi connectivity index (χ1) is 6.67. The van der Waals surface area contributed by atoms with Gasteiger partial charge in [-0.2, -0.15) is 8.42 Å². The van der Waals surface area contributed by atoms with E-state index < -0.39 is 30.1 Å². The van der Waals surface area contributed by atoms with Crippen molar-refractivity contribution in [3.05, 3.63) is 0 Å². The minimum atomic E-state index is -3.71. The molecule has 1 rings (SSSR count). The predicted octanol–water partition coefficient (Wildman–Crippen LogP) is 0.666. The molecule has 0 N–H and O–H groups in total. The van der Waals surface area contributed by atoms with Gasteiger partial charge in [0.25, 0.3) is 10.1 Å². The van der Waals surface area contributed by atoms with E-state index in [0.29, 0.717) is 0 Å². The van der Waals surface area contributed by atoms with E-state index >= 15 is 0 Å². The number of rotatable bonds is 5. The van der Waals surface area contributed by atoms with Crippen LogP contribution in [0.15, 0.2) is 0 Å². The molecule has 0 aromatic heterocycles. The van der Waals surface area contributed by atoms with Crippen LogP contribution in [0, 0.1) is 0 Å². The topological polar surface area (TPSA) is 77.5 Å². The van der Waals surface area contributed by atoms with Crippen molar-refractivity contribution >= 4 is 20.0 Å². The van der Waals surface area contributed by atoms with E-state index in [1.807, 2.05) is 0 Å². The highest BCUT2D eigenvalue weighted by molar-refractivity contribution is 7.94. The molecule has 0 radical (unpaired) electrons. The van der Waals surface area contributed by atoms with Gasteiger partial charge >= 0.3 is 0 Å². The fourth-order valence-corrected chi connectivity index (χ4v) is 4.21. The third-order valence-corrected chi connectivity index (χ3v) is 6.59. The van der Waals surface area contributed by atoms with Crippen molar-refractivity contribution in [3.8, 4) is 0 Å². The van der Waals surface area contributed by atoms with Crippen molar-refractivity contribution in [2.24, 2.45) is 0 Å². The van der Waals surface area contributed by atoms with E-state index in [1.54, 1.807) is 0 Å². The maximum absolute atomic E-state index is 11.8. The lowest BCUT2D eigenvalue weighted by molar-refractivity contribution is 0.261. The summed E-state index contributed by atoms with van der Waals surface area (Å²) in [5.74, 6) is -0.206. The molecule has 1 aliphatic rings. The highest BCUT2D eigenvalue weighted by Crippen LogP contribution is 2.47. The summed E-state index contributed by atoms with van der Waals surface area (Å²) in [6.07, 6.45) is 0.541. The molecule has 1 fully saturated rings. The molecule has 0 heterocycles. The fraction of sp³-hybridized carbons (Fsp3) is 1.00. The molecule has 0 atom stereocenters. The van der Waals surface area contributed by atoms with Crippen molar-refractivity contribution < 1.29 is 21.0 Å². The summed E-state index contributed by atoms with van der Waals surface area (Å²) < 4.78 is 50.9. The van der Waals surface area contributed by atoms with Crippen LogP contribution < -0.4 is 0 Å². The average molecular weight is 256 g/mol. The van der Waals surface area contributed by atoms with Gasteiger partial charge in [0.15, 0.2) is 14.8 Å². The summed E-state index contributed by atoms with van der Waals surface area (Å²) >= 11 is 0. The van der Waals surface area contributed by atoms with E-state index in [2.05, 4.69) is 0 Å². The Kier molecular flexibility index (Phi) is 3.20. The summed E-state index contributed by atoms with van der Waals surface area (Å²) in [5, 5.41) is -0.618. The van der Waals surface area contributed by atoms with Crippen LogP contribution in [0.25, 0.3) is 0 Å². The molecule has 7 heteroatoms. The Morgan fingerprint density at radius 2 is 1.67 bits per heavy atom. The molecule has 0 amide bonds. The van der Waals surface area contributed by atoms with E-state index in [9.17, 15) is 16.8 Å². The van der Waals surface area contributed by atoms with E-state index in [4.69, 9.17) is 4.18 Å². The molecular formula is C8H16O5S2. The second-order valence-corrected chi connectivity index (χ2v) is 8.57. The normalized spacial score (nSPS) is 20.5. The zero-order chi connectivity index (χ0) is 11.9. The summed E-state index contributed by atoms with van der Waals surface area (Å²) in [5.41, 5.74) is 0. The molecule has 0 aromatic rings. The zero-order valence-corrected chi connectivity index (χ0v) is 10.7. The standard InChI is InChI=1S/C8H16O5S2/c1-4-14(9,10)13-8(5-6-8)15(11,12)7(2)3/h7H,4-6H2,1-3H3. The summed E-state index contributed by atoms with van der Waals surface area (Å²) in [6.45, 7) is 4.47. The zero-order valence-electron chi connectivity index (χ0n) is 9.06. The first-order valence-corrected chi connectivity index (χ1v) is 7.96. The summed E-state index contributed by atoms with van der Waals surface area (Å²) in [4.78, 5) is -1.46. The van der Waals surface area contributed by atoms with Crippen LogP contribution >= 0.6 is 0 Å². The largest absolute Gasteiger partial charge is 0.268 e. The molecule has 90 valence electrons. The number of hydrogen-bond acceptors (Lipinski definition) is 5. The highest BCUT2D eigenvalue weighted by atomic mass is 32.2. The molecule has 5 nitrogen and oxygen atoms in total. The lowest BCUT2D eigenvalue weighted by Crippen LogP contribution is -2.35. The van der Waals surface area contributed by atoms with Crippen molar-refractivity contribution in [3.63, 3.8) is 0 Å². The van der Waals surface area contributed by atoms with E-state index in [-0.39, 0.29) is 18.6 Å². The van der Waals surface area contributed by atoms with Crippen LogP contribution in [0.1, 0.15) is 33.6 Å². The molecule has 0 saturated heterocycles. The molecular weight excluding hydrogens is 240 g/mol. The Balaban J connectivity index is 2.97. The first kappa shape index (κ1) is 12.9. The Bertz CT molecular complexity index is 428. The van der Waals surface area contributed by atoms with Crippen LogP contribution in [0.4, 0.5) is 0 Å². The van der Waals surface area contributed by atoms with Gasteiger partial charge in [-0.05, 0) is 33.6 Å². The van der Waals surface area contributed by atoms with Gasteiger partial charge in [-0.25, -0.2) is 12.6 Å². The Hall–Kier alpha value is -0.140. The van der Waals surface area contributed by atoms with Crippen LogP contribution in [-0.2, 0) is 24.1 Å².